The first-order valence-electron chi connectivity index (χ1n) is 8.89. The number of rotatable bonds is 2. The SMILES string of the molecule is C[C@]12C=CC(=O)C=C1CC[C@@H]1C2=CC[C@]2(C)C(C(=O)CO)=CC[C@@H]12. The fraction of sp³-hybridized carbons (Fsp3) is 0.524. The second-order valence-electron chi connectivity index (χ2n) is 8.08. The van der Waals surface area contributed by atoms with Crippen molar-refractivity contribution in [2.24, 2.45) is 22.7 Å². The van der Waals surface area contributed by atoms with Crippen LogP contribution in [0.25, 0.3) is 0 Å². The molecule has 0 amide bonds. The Morgan fingerprint density at radius 3 is 2.88 bits per heavy atom. The van der Waals surface area contributed by atoms with Gasteiger partial charge >= 0.3 is 0 Å². The van der Waals surface area contributed by atoms with E-state index in [4.69, 9.17) is 0 Å². The first kappa shape index (κ1) is 15.8. The van der Waals surface area contributed by atoms with Crippen LogP contribution in [0.3, 0.4) is 0 Å². The number of ketones is 2. The van der Waals surface area contributed by atoms with E-state index in [1.54, 1.807) is 6.08 Å². The highest BCUT2D eigenvalue weighted by Gasteiger charge is 2.53. The van der Waals surface area contributed by atoms with Crippen LogP contribution in [0, 0.1) is 22.7 Å². The highest BCUT2D eigenvalue weighted by atomic mass is 16.3. The van der Waals surface area contributed by atoms with E-state index in [0.29, 0.717) is 11.8 Å². The number of allylic oxidation sites excluding steroid dienone is 7. The molecule has 0 radical (unpaired) electrons. The fourth-order valence-electron chi connectivity index (χ4n) is 5.62. The van der Waals surface area contributed by atoms with Crippen molar-refractivity contribution in [1.29, 1.82) is 0 Å². The minimum Gasteiger partial charge on any atom is -0.388 e. The summed E-state index contributed by atoms with van der Waals surface area (Å²) in [7, 11) is 0. The number of carbonyl (C=O) groups is 2. The van der Waals surface area contributed by atoms with Crippen molar-refractivity contribution >= 4 is 11.6 Å². The minimum absolute atomic E-state index is 0.0977. The van der Waals surface area contributed by atoms with E-state index in [1.807, 2.05) is 6.08 Å². The zero-order valence-corrected chi connectivity index (χ0v) is 14.3. The Hall–Kier alpha value is -1.74. The molecule has 1 saturated carbocycles. The van der Waals surface area contributed by atoms with Crippen molar-refractivity contribution in [3.63, 3.8) is 0 Å². The summed E-state index contributed by atoms with van der Waals surface area (Å²) in [5.74, 6) is 0.847. The van der Waals surface area contributed by atoms with Gasteiger partial charge in [0, 0.05) is 16.4 Å². The maximum absolute atomic E-state index is 12.2. The van der Waals surface area contributed by atoms with Gasteiger partial charge in [-0.25, -0.2) is 0 Å². The van der Waals surface area contributed by atoms with Gasteiger partial charge in [-0.1, -0.05) is 36.3 Å². The first-order valence-corrected chi connectivity index (χ1v) is 8.89. The summed E-state index contributed by atoms with van der Waals surface area (Å²) in [4.78, 5) is 23.9. The average molecular weight is 324 g/mol. The van der Waals surface area contributed by atoms with Gasteiger partial charge in [0.05, 0.1) is 0 Å². The second kappa shape index (κ2) is 5.13. The molecule has 24 heavy (non-hydrogen) atoms. The predicted molar refractivity (Wildman–Crippen MR) is 92.2 cm³/mol. The molecule has 0 aromatic rings. The van der Waals surface area contributed by atoms with E-state index < -0.39 is 6.61 Å². The summed E-state index contributed by atoms with van der Waals surface area (Å²) in [5, 5.41) is 9.30. The van der Waals surface area contributed by atoms with Crippen molar-refractivity contribution in [2.75, 3.05) is 6.61 Å². The monoisotopic (exact) mass is 324 g/mol. The van der Waals surface area contributed by atoms with Gasteiger partial charge in [-0.2, -0.15) is 0 Å². The predicted octanol–water partition coefficient (Wildman–Crippen LogP) is 3.31. The lowest BCUT2D eigenvalue weighted by Gasteiger charge is -2.51. The Morgan fingerprint density at radius 2 is 2.12 bits per heavy atom. The number of fused-ring (bicyclic) bond motifs is 5. The van der Waals surface area contributed by atoms with Crippen molar-refractivity contribution in [3.05, 3.63) is 47.1 Å². The molecule has 4 atom stereocenters. The summed E-state index contributed by atoms with van der Waals surface area (Å²) in [6.07, 6.45) is 13.7. The summed E-state index contributed by atoms with van der Waals surface area (Å²) < 4.78 is 0. The van der Waals surface area contributed by atoms with E-state index in [-0.39, 0.29) is 22.4 Å². The summed E-state index contributed by atoms with van der Waals surface area (Å²) in [6, 6.07) is 0. The van der Waals surface area contributed by atoms with Crippen LogP contribution in [0.5, 0.6) is 0 Å². The molecule has 0 unspecified atom stereocenters. The number of Topliss-reactive ketones (excluding diaryl/α,β-unsaturated/α-hetero) is 1. The number of hydrogen-bond donors (Lipinski definition) is 1. The van der Waals surface area contributed by atoms with E-state index in [9.17, 15) is 14.7 Å². The standard InChI is InChI=1S/C21H24O3/c1-20-9-7-14(23)11-13(20)3-4-15-16-5-6-18(19(24)12-22)21(16,2)10-8-17(15)20/h6-9,11,15-16,22H,3-5,10,12H2,1-2H3/t15-,16-,20-,21-/m0/s1. The maximum Gasteiger partial charge on any atom is 0.184 e. The van der Waals surface area contributed by atoms with Gasteiger partial charge in [-0.05, 0) is 56.6 Å². The number of hydrogen-bond acceptors (Lipinski definition) is 3. The molecule has 3 heteroatoms. The molecule has 4 aliphatic rings. The number of carbonyl (C=O) groups excluding carboxylic acids is 2. The molecule has 1 fully saturated rings. The Labute approximate surface area is 142 Å². The molecule has 4 aliphatic carbocycles. The normalized spacial score (nSPS) is 40.1. The van der Waals surface area contributed by atoms with Gasteiger partial charge in [0.25, 0.3) is 0 Å². The topological polar surface area (TPSA) is 54.4 Å². The molecular weight excluding hydrogens is 300 g/mol. The number of aliphatic hydroxyl groups is 1. The molecule has 0 aliphatic heterocycles. The zero-order chi connectivity index (χ0) is 17.1. The lowest BCUT2D eigenvalue weighted by molar-refractivity contribution is -0.119. The smallest absolute Gasteiger partial charge is 0.184 e. The van der Waals surface area contributed by atoms with E-state index in [1.165, 1.54) is 11.1 Å². The quantitative estimate of drug-likeness (QED) is 0.793. The third kappa shape index (κ3) is 1.94. The first-order chi connectivity index (χ1) is 11.4. The molecule has 0 aromatic heterocycles. The molecule has 0 saturated heterocycles. The van der Waals surface area contributed by atoms with Crippen LogP contribution in [0.2, 0.25) is 0 Å². The third-order valence-corrected chi connectivity index (χ3v) is 6.97. The highest BCUT2D eigenvalue weighted by Crippen LogP contribution is 2.62. The van der Waals surface area contributed by atoms with Gasteiger partial charge in [-0.3, -0.25) is 9.59 Å². The van der Waals surface area contributed by atoms with Crippen LogP contribution >= 0.6 is 0 Å². The van der Waals surface area contributed by atoms with Gasteiger partial charge in [0.15, 0.2) is 11.6 Å². The van der Waals surface area contributed by atoms with Crippen molar-refractivity contribution < 1.29 is 14.7 Å². The largest absolute Gasteiger partial charge is 0.388 e. The Bertz CT molecular complexity index is 751. The third-order valence-electron chi connectivity index (χ3n) is 6.97. The average Bonchev–Trinajstić information content (AvgIpc) is 2.92. The van der Waals surface area contributed by atoms with Crippen LogP contribution in [-0.4, -0.2) is 23.3 Å². The van der Waals surface area contributed by atoms with Crippen LogP contribution in [0.1, 0.15) is 39.5 Å². The molecule has 126 valence electrons. The molecule has 3 nitrogen and oxygen atoms in total. The molecule has 0 aromatic carbocycles. The minimum atomic E-state index is -0.398. The second-order valence-corrected chi connectivity index (χ2v) is 8.08. The van der Waals surface area contributed by atoms with Crippen molar-refractivity contribution in [2.45, 2.75) is 39.5 Å². The summed E-state index contributed by atoms with van der Waals surface area (Å²) in [5.41, 5.74) is 3.20. The van der Waals surface area contributed by atoms with Crippen LogP contribution in [0.4, 0.5) is 0 Å². The van der Waals surface area contributed by atoms with Crippen LogP contribution in [-0.2, 0) is 9.59 Å². The summed E-state index contributed by atoms with van der Waals surface area (Å²) >= 11 is 0. The van der Waals surface area contributed by atoms with Gasteiger partial charge < -0.3 is 5.11 Å². The van der Waals surface area contributed by atoms with E-state index in [0.717, 1.165) is 31.3 Å². The molecule has 0 spiro atoms. The highest BCUT2D eigenvalue weighted by molar-refractivity contribution is 6.01. The van der Waals surface area contributed by atoms with Crippen molar-refractivity contribution in [3.8, 4) is 0 Å². The molecule has 1 N–H and O–H groups in total. The molecule has 4 rings (SSSR count). The zero-order valence-electron chi connectivity index (χ0n) is 14.3. The van der Waals surface area contributed by atoms with Crippen LogP contribution < -0.4 is 0 Å². The van der Waals surface area contributed by atoms with Crippen LogP contribution in [0.15, 0.2) is 47.1 Å². The van der Waals surface area contributed by atoms with Gasteiger partial charge in [0.1, 0.15) is 6.61 Å². The Morgan fingerprint density at radius 1 is 1.33 bits per heavy atom. The van der Waals surface area contributed by atoms with Gasteiger partial charge in [-0.15, -0.1) is 0 Å². The van der Waals surface area contributed by atoms with Crippen molar-refractivity contribution in [1.82, 2.24) is 0 Å². The van der Waals surface area contributed by atoms with E-state index >= 15 is 0 Å². The molecular formula is C21H24O3. The molecule has 0 heterocycles. The van der Waals surface area contributed by atoms with Gasteiger partial charge in [0.2, 0.25) is 0 Å². The maximum atomic E-state index is 12.2. The number of aliphatic hydroxyl groups excluding tert-OH is 1. The lowest BCUT2D eigenvalue weighted by atomic mass is 9.52. The molecule has 0 bridgehead atoms. The lowest BCUT2D eigenvalue weighted by Crippen LogP contribution is -2.43. The fourth-order valence-corrected chi connectivity index (χ4v) is 5.62. The van der Waals surface area contributed by atoms with E-state index in [2.05, 4.69) is 32.1 Å². The summed E-state index contributed by atoms with van der Waals surface area (Å²) in [6.45, 7) is 4.01. The Balaban J connectivity index is 1.74. The Kier molecular flexibility index (Phi) is 3.37.